The first-order valence-electron chi connectivity index (χ1n) is 11.6. The fourth-order valence-corrected chi connectivity index (χ4v) is 5.24. The van der Waals surface area contributed by atoms with Gasteiger partial charge in [-0.1, -0.05) is 47.7 Å². The fourth-order valence-electron chi connectivity index (χ4n) is 4.31. The van der Waals surface area contributed by atoms with Gasteiger partial charge in [0.05, 0.1) is 17.7 Å². The summed E-state index contributed by atoms with van der Waals surface area (Å²) in [5.41, 5.74) is 4.42. The molecule has 0 unspecified atom stereocenters. The number of nitrogens with zero attached hydrogens (tertiary/aromatic N) is 4. The van der Waals surface area contributed by atoms with Gasteiger partial charge < -0.3 is 10.6 Å². The van der Waals surface area contributed by atoms with Gasteiger partial charge in [-0.25, -0.2) is 15.0 Å². The van der Waals surface area contributed by atoms with Crippen LogP contribution >= 0.6 is 11.3 Å². The zero-order chi connectivity index (χ0) is 24.5. The zero-order valence-electron chi connectivity index (χ0n) is 19.3. The highest BCUT2D eigenvalue weighted by Gasteiger charge is 2.18. The maximum absolute atomic E-state index is 13.0. The molecule has 4 heterocycles. The van der Waals surface area contributed by atoms with Crippen molar-refractivity contribution < 1.29 is 9.59 Å². The molecule has 1 fully saturated rings. The maximum Gasteiger partial charge on any atom is 0.274 e. The third kappa shape index (κ3) is 4.53. The van der Waals surface area contributed by atoms with E-state index in [2.05, 4.69) is 25.5 Å². The number of piperazine rings is 1. The normalized spacial score (nSPS) is 14.2. The molecule has 5 aromatic rings. The summed E-state index contributed by atoms with van der Waals surface area (Å²) in [7, 11) is 0. The molecule has 0 bridgehead atoms. The maximum atomic E-state index is 13.0. The molecule has 0 spiro atoms. The van der Waals surface area contributed by atoms with E-state index in [0.29, 0.717) is 31.0 Å². The Labute approximate surface area is 211 Å². The molecule has 3 aromatic heterocycles. The van der Waals surface area contributed by atoms with Gasteiger partial charge in [-0.3, -0.25) is 14.5 Å². The van der Waals surface area contributed by atoms with Crippen molar-refractivity contribution in [2.75, 3.05) is 25.0 Å². The Morgan fingerprint density at radius 1 is 1.03 bits per heavy atom. The number of pyridine rings is 2. The number of carbonyl (C=O) groups excluding carboxylic acids is 2. The van der Waals surface area contributed by atoms with Crippen molar-refractivity contribution in [3.63, 3.8) is 0 Å². The molecule has 0 aliphatic carbocycles. The van der Waals surface area contributed by atoms with Gasteiger partial charge in [-0.05, 0) is 35.9 Å². The van der Waals surface area contributed by atoms with Crippen LogP contribution in [0, 0.1) is 0 Å². The number of para-hydroxylation sites is 2. The second kappa shape index (κ2) is 9.44. The molecule has 6 rings (SSSR count). The molecule has 2 aromatic carbocycles. The van der Waals surface area contributed by atoms with Crippen LogP contribution in [0.1, 0.15) is 16.1 Å². The molecule has 9 heteroatoms. The number of benzene rings is 2. The summed E-state index contributed by atoms with van der Waals surface area (Å²) in [4.78, 5) is 41.6. The highest BCUT2D eigenvalue weighted by molar-refractivity contribution is 7.21. The molecule has 1 aliphatic rings. The summed E-state index contributed by atoms with van der Waals surface area (Å²) in [6.45, 7) is 2.51. The first-order chi connectivity index (χ1) is 17.6. The van der Waals surface area contributed by atoms with E-state index in [9.17, 15) is 9.59 Å². The van der Waals surface area contributed by atoms with Crippen molar-refractivity contribution in [2.24, 2.45) is 0 Å². The fraction of sp³-hybridized carbons (Fsp3) is 0.148. The molecule has 178 valence electrons. The minimum absolute atomic E-state index is 0.0452. The van der Waals surface area contributed by atoms with E-state index in [-0.39, 0.29) is 11.8 Å². The van der Waals surface area contributed by atoms with Crippen molar-refractivity contribution in [1.29, 1.82) is 0 Å². The lowest BCUT2D eigenvalue weighted by atomic mass is 10.1. The van der Waals surface area contributed by atoms with Gasteiger partial charge in [0.25, 0.3) is 5.91 Å². The number of aromatic nitrogens is 3. The average molecular weight is 495 g/mol. The lowest BCUT2D eigenvalue weighted by Crippen LogP contribution is -2.47. The smallest absolute Gasteiger partial charge is 0.274 e. The largest absolute Gasteiger partial charge is 0.354 e. The second-order valence-electron chi connectivity index (χ2n) is 8.64. The minimum Gasteiger partial charge on any atom is -0.354 e. The van der Waals surface area contributed by atoms with Gasteiger partial charge in [0.15, 0.2) is 0 Å². The number of anilines is 1. The summed E-state index contributed by atoms with van der Waals surface area (Å²) < 4.78 is 0. The molecular weight excluding hydrogens is 472 g/mol. The minimum atomic E-state index is -0.278. The molecular formula is C27H22N6O2S. The Bertz CT molecular complexity index is 1610. The predicted molar refractivity (Wildman–Crippen MR) is 141 cm³/mol. The summed E-state index contributed by atoms with van der Waals surface area (Å²) in [5, 5.41) is 7.61. The van der Waals surface area contributed by atoms with Gasteiger partial charge >= 0.3 is 0 Å². The van der Waals surface area contributed by atoms with Crippen LogP contribution in [0.3, 0.4) is 0 Å². The first kappa shape index (κ1) is 22.3. The third-order valence-corrected chi connectivity index (χ3v) is 7.08. The van der Waals surface area contributed by atoms with Gasteiger partial charge in [0, 0.05) is 36.8 Å². The topological polar surface area (TPSA) is 100 Å². The van der Waals surface area contributed by atoms with Crippen LogP contribution in [0.4, 0.5) is 5.69 Å². The first-order valence-corrected chi connectivity index (χ1v) is 12.4. The van der Waals surface area contributed by atoms with E-state index in [1.807, 2.05) is 66.9 Å². The predicted octanol–water partition coefficient (Wildman–Crippen LogP) is 4.09. The summed E-state index contributed by atoms with van der Waals surface area (Å²) in [6.07, 6.45) is 1.84. The number of carbonyl (C=O) groups is 2. The number of rotatable bonds is 5. The quantitative estimate of drug-likeness (QED) is 0.382. The number of hydrogen-bond donors (Lipinski definition) is 2. The number of nitrogens with one attached hydrogen (secondary N) is 2. The molecule has 36 heavy (non-hydrogen) atoms. The van der Waals surface area contributed by atoms with Gasteiger partial charge in [-0.2, -0.15) is 0 Å². The zero-order valence-corrected chi connectivity index (χ0v) is 20.1. The van der Waals surface area contributed by atoms with Crippen molar-refractivity contribution in [3.8, 4) is 10.6 Å². The number of hydrogen-bond acceptors (Lipinski definition) is 7. The lowest BCUT2D eigenvalue weighted by Gasteiger charge is -2.26. The Kier molecular flexibility index (Phi) is 5.84. The average Bonchev–Trinajstić information content (AvgIpc) is 3.32. The standard InChI is InChI=1S/C27H22N6O2S/c34-24-16-33(12-11-28-24)15-17-13-23-27(29-14-17)36-26(32-23)19-6-2-4-8-21(19)31-25(35)22-10-9-18-5-1-3-7-20(18)30-22/h1-10,13-14H,11-12,15-16H2,(H,28,34)(H,31,35). The summed E-state index contributed by atoms with van der Waals surface area (Å²) >= 11 is 1.48. The van der Waals surface area contributed by atoms with Gasteiger partial charge in [-0.15, -0.1) is 0 Å². The lowest BCUT2D eigenvalue weighted by molar-refractivity contribution is -0.124. The molecule has 0 atom stereocenters. The highest BCUT2D eigenvalue weighted by Crippen LogP contribution is 2.34. The monoisotopic (exact) mass is 494 g/mol. The van der Waals surface area contributed by atoms with Gasteiger partial charge in [0.2, 0.25) is 5.91 Å². The molecule has 0 radical (unpaired) electrons. The molecule has 1 saturated heterocycles. The van der Waals surface area contributed by atoms with Crippen LogP contribution < -0.4 is 10.6 Å². The van der Waals surface area contributed by atoms with Crippen LogP contribution in [0.5, 0.6) is 0 Å². The molecule has 0 saturated carbocycles. The molecule has 2 N–H and O–H groups in total. The molecule has 1 aliphatic heterocycles. The summed E-state index contributed by atoms with van der Waals surface area (Å²) in [6, 6.07) is 21.0. The Morgan fingerprint density at radius 2 is 1.89 bits per heavy atom. The van der Waals surface area contributed by atoms with Crippen molar-refractivity contribution >= 4 is 50.1 Å². The van der Waals surface area contributed by atoms with Crippen LogP contribution in [0.2, 0.25) is 0 Å². The van der Waals surface area contributed by atoms with E-state index in [0.717, 1.165) is 43.9 Å². The number of amides is 2. The molecule has 2 amide bonds. The summed E-state index contributed by atoms with van der Waals surface area (Å²) in [5.74, 6) is -0.232. The number of thiazole rings is 1. The van der Waals surface area contributed by atoms with E-state index in [1.54, 1.807) is 6.07 Å². The second-order valence-corrected chi connectivity index (χ2v) is 9.61. The van der Waals surface area contributed by atoms with Crippen LogP contribution in [0.25, 0.3) is 31.8 Å². The molecule has 8 nitrogen and oxygen atoms in total. The third-order valence-electron chi connectivity index (χ3n) is 6.06. The Hall–Kier alpha value is -4.21. The van der Waals surface area contributed by atoms with Crippen LogP contribution in [-0.2, 0) is 11.3 Å². The Morgan fingerprint density at radius 3 is 2.81 bits per heavy atom. The van der Waals surface area contributed by atoms with Gasteiger partial charge in [0.1, 0.15) is 21.0 Å². The Balaban J connectivity index is 1.26. The van der Waals surface area contributed by atoms with E-state index in [4.69, 9.17) is 4.98 Å². The van der Waals surface area contributed by atoms with Crippen LogP contribution in [0.15, 0.2) is 72.9 Å². The highest BCUT2D eigenvalue weighted by atomic mass is 32.1. The van der Waals surface area contributed by atoms with Crippen molar-refractivity contribution in [2.45, 2.75) is 6.54 Å². The van der Waals surface area contributed by atoms with E-state index < -0.39 is 0 Å². The van der Waals surface area contributed by atoms with E-state index >= 15 is 0 Å². The van der Waals surface area contributed by atoms with Crippen LogP contribution in [-0.4, -0.2) is 51.3 Å². The van der Waals surface area contributed by atoms with Crippen molar-refractivity contribution in [1.82, 2.24) is 25.2 Å². The van der Waals surface area contributed by atoms with E-state index in [1.165, 1.54) is 11.3 Å². The van der Waals surface area contributed by atoms with Crippen molar-refractivity contribution in [3.05, 3.63) is 84.2 Å². The SMILES string of the molecule is O=C1CN(Cc2cnc3sc(-c4ccccc4NC(=O)c4ccc5ccccc5n4)nc3c2)CCN1. The number of fused-ring (bicyclic) bond motifs is 2.